The number of rotatable bonds is 10. The van der Waals surface area contributed by atoms with Crippen LogP contribution in [0, 0.1) is 11.8 Å². The molecule has 0 fully saturated rings. The first-order valence-corrected chi connectivity index (χ1v) is 6.65. The van der Waals surface area contributed by atoms with Crippen molar-refractivity contribution in [2.75, 3.05) is 20.3 Å². The lowest BCUT2D eigenvalue weighted by atomic mass is 9.92. The zero-order valence-electron chi connectivity index (χ0n) is 12.0. The summed E-state index contributed by atoms with van der Waals surface area (Å²) >= 11 is 0. The van der Waals surface area contributed by atoms with E-state index in [0.717, 1.165) is 5.56 Å². The van der Waals surface area contributed by atoms with Crippen molar-refractivity contribution in [1.29, 1.82) is 0 Å². The summed E-state index contributed by atoms with van der Waals surface area (Å²) in [4.78, 5) is 20.4. The van der Waals surface area contributed by atoms with Gasteiger partial charge in [-0.05, 0) is 12.0 Å². The minimum atomic E-state index is -0.835. The highest BCUT2D eigenvalue weighted by Gasteiger charge is 2.24. The van der Waals surface area contributed by atoms with Gasteiger partial charge in [-0.25, -0.2) is 9.78 Å². The van der Waals surface area contributed by atoms with E-state index >= 15 is 0 Å². The lowest BCUT2D eigenvalue weighted by Gasteiger charge is -2.19. The standard InChI is InChI=1S/C15H22O5/c1-12(15(16)17)14(11-20-18-2)8-9-19-10-13-6-4-3-5-7-13/h3-7,12,14H,8-11H2,1-2H3,(H,16,17). The molecule has 20 heavy (non-hydrogen) atoms. The number of carbonyl (C=O) groups is 1. The molecule has 2 unspecified atom stereocenters. The second-order valence-electron chi connectivity index (χ2n) is 4.67. The third-order valence-electron chi connectivity index (χ3n) is 3.24. The van der Waals surface area contributed by atoms with Gasteiger partial charge in [0.1, 0.15) is 0 Å². The lowest BCUT2D eigenvalue weighted by molar-refractivity contribution is -0.282. The predicted molar refractivity (Wildman–Crippen MR) is 74.0 cm³/mol. The van der Waals surface area contributed by atoms with E-state index in [9.17, 15) is 4.79 Å². The van der Waals surface area contributed by atoms with Crippen molar-refractivity contribution in [1.82, 2.24) is 0 Å². The van der Waals surface area contributed by atoms with E-state index in [2.05, 4.69) is 4.89 Å². The predicted octanol–water partition coefficient (Wildman–Crippen LogP) is 2.51. The van der Waals surface area contributed by atoms with E-state index in [-0.39, 0.29) is 12.5 Å². The van der Waals surface area contributed by atoms with E-state index in [1.807, 2.05) is 30.3 Å². The van der Waals surface area contributed by atoms with E-state index in [1.54, 1.807) is 6.92 Å². The highest BCUT2D eigenvalue weighted by atomic mass is 17.2. The molecule has 5 nitrogen and oxygen atoms in total. The van der Waals surface area contributed by atoms with Crippen molar-refractivity contribution in [2.24, 2.45) is 11.8 Å². The first kappa shape index (κ1) is 16.6. The largest absolute Gasteiger partial charge is 0.481 e. The molecule has 1 aromatic carbocycles. The van der Waals surface area contributed by atoms with Gasteiger partial charge in [0.15, 0.2) is 0 Å². The van der Waals surface area contributed by atoms with Crippen molar-refractivity contribution in [3.63, 3.8) is 0 Å². The van der Waals surface area contributed by atoms with Gasteiger partial charge in [0.05, 0.1) is 26.2 Å². The third-order valence-corrected chi connectivity index (χ3v) is 3.24. The normalized spacial score (nSPS) is 13.9. The molecule has 0 saturated heterocycles. The van der Waals surface area contributed by atoms with Crippen molar-refractivity contribution in [2.45, 2.75) is 20.0 Å². The minimum Gasteiger partial charge on any atom is -0.481 e. The van der Waals surface area contributed by atoms with E-state index in [0.29, 0.717) is 19.6 Å². The Hall–Kier alpha value is -1.43. The lowest BCUT2D eigenvalue weighted by Crippen LogP contribution is -2.26. The highest BCUT2D eigenvalue weighted by Crippen LogP contribution is 2.17. The Morgan fingerprint density at radius 2 is 2.00 bits per heavy atom. The number of hydrogen-bond acceptors (Lipinski definition) is 4. The Morgan fingerprint density at radius 3 is 2.60 bits per heavy atom. The molecule has 0 heterocycles. The van der Waals surface area contributed by atoms with E-state index in [1.165, 1.54) is 7.11 Å². The maximum atomic E-state index is 11.0. The minimum absolute atomic E-state index is 0.136. The van der Waals surface area contributed by atoms with Gasteiger partial charge in [-0.2, -0.15) is 0 Å². The molecule has 0 bridgehead atoms. The summed E-state index contributed by atoms with van der Waals surface area (Å²) in [7, 11) is 1.41. The summed E-state index contributed by atoms with van der Waals surface area (Å²) in [6, 6.07) is 9.85. The third kappa shape index (κ3) is 6.14. The van der Waals surface area contributed by atoms with Crippen LogP contribution in [0.2, 0.25) is 0 Å². The van der Waals surface area contributed by atoms with Crippen molar-refractivity contribution in [3.8, 4) is 0 Å². The van der Waals surface area contributed by atoms with Crippen LogP contribution in [0.4, 0.5) is 0 Å². The summed E-state index contributed by atoms with van der Waals surface area (Å²) in [5.74, 6) is -1.47. The van der Waals surface area contributed by atoms with E-state index < -0.39 is 11.9 Å². The molecule has 0 amide bonds. The zero-order chi connectivity index (χ0) is 14.8. The summed E-state index contributed by atoms with van der Waals surface area (Å²) in [5.41, 5.74) is 1.10. The van der Waals surface area contributed by atoms with Gasteiger partial charge in [-0.1, -0.05) is 37.3 Å². The molecule has 0 aliphatic heterocycles. The number of carboxylic acids is 1. The second-order valence-corrected chi connectivity index (χ2v) is 4.67. The molecule has 2 atom stereocenters. The summed E-state index contributed by atoms with van der Waals surface area (Å²) in [6.07, 6.45) is 0.615. The number of ether oxygens (including phenoxy) is 1. The molecule has 112 valence electrons. The fraction of sp³-hybridized carbons (Fsp3) is 0.533. The second kappa shape index (κ2) is 9.47. The SMILES string of the molecule is COOCC(CCOCc1ccccc1)C(C)C(=O)O. The molecule has 0 aliphatic rings. The fourth-order valence-corrected chi connectivity index (χ4v) is 1.83. The van der Waals surface area contributed by atoms with Gasteiger partial charge >= 0.3 is 5.97 Å². The molecule has 0 aromatic heterocycles. The van der Waals surface area contributed by atoms with Gasteiger partial charge in [0.2, 0.25) is 0 Å². The van der Waals surface area contributed by atoms with Gasteiger partial charge in [-0.15, -0.1) is 0 Å². The summed E-state index contributed by atoms with van der Waals surface area (Å²) in [6.45, 7) is 2.94. The van der Waals surface area contributed by atoms with Crippen LogP contribution in [0.15, 0.2) is 30.3 Å². The van der Waals surface area contributed by atoms with Gasteiger partial charge in [0.25, 0.3) is 0 Å². The van der Waals surface area contributed by atoms with Crippen molar-refractivity contribution >= 4 is 5.97 Å². The number of benzene rings is 1. The Morgan fingerprint density at radius 1 is 1.30 bits per heavy atom. The van der Waals surface area contributed by atoms with Crippen LogP contribution < -0.4 is 0 Å². The van der Waals surface area contributed by atoms with Crippen LogP contribution in [0.1, 0.15) is 18.9 Å². The zero-order valence-corrected chi connectivity index (χ0v) is 12.0. The number of aliphatic carboxylic acids is 1. The average Bonchev–Trinajstić information content (AvgIpc) is 2.47. The molecule has 1 rings (SSSR count). The van der Waals surface area contributed by atoms with Gasteiger partial charge in [-0.3, -0.25) is 4.79 Å². The summed E-state index contributed by atoms with van der Waals surface area (Å²) < 4.78 is 5.57. The van der Waals surface area contributed by atoms with E-state index in [4.69, 9.17) is 14.7 Å². The molecule has 0 saturated carbocycles. The maximum absolute atomic E-state index is 11.0. The Kier molecular flexibility index (Phi) is 7.87. The Bertz CT molecular complexity index is 379. The van der Waals surface area contributed by atoms with Gasteiger partial charge in [0, 0.05) is 12.5 Å². The van der Waals surface area contributed by atoms with Crippen molar-refractivity contribution < 1.29 is 24.4 Å². The number of hydrogen-bond donors (Lipinski definition) is 1. The molecule has 0 spiro atoms. The fourth-order valence-electron chi connectivity index (χ4n) is 1.83. The van der Waals surface area contributed by atoms with Crippen molar-refractivity contribution in [3.05, 3.63) is 35.9 Å². The molecular formula is C15H22O5. The maximum Gasteiger partial charge on any atom is 0.306 e. The van der Waals surface area contributed by atoms with Crippen LogP contribution in [0.3, 0.4) is 0 Å². The Balaban J connectivity index is 2.32. The van der Waals surface area contributed by atoms with Crippen LogP contribution in [0.25, 0.3) is 0 Å². The molecule has 5 heteroatoms. The molecular weight excluding hydrogens is 260 g/mol. The van der Waals surface area contributed by atoms with Crippen LogP contribution in [0.5, 0.6) is 0 Å². The van der Waals surface area contributed by atoms with Crippen LogP contribution in [-0.4, -0.2) is 31.4 Å². The summed E-state index contributed by atoms with van der Waals surface area (Å²) in [5, 5.41) is 9.05. The smallest absolute Gasteiger partial charge is 0.306 e. The van der Waals surface area contributed by atoms with Gasteiger partial charge < -0.3 is 9.84 Å². The number of carboxylic acid groups (broad SMARTS) is 1. The molecule has 0 radical (unpaired) electrons. The quantitative estimate of drug-likeness (QED) is 0.406. The van der Waals surface area contributed by atoms with Crippen LogP contribution in [-0.2, 0) is 25.9 Å². The topological polar surface area (TPSA) is 65.0 Å². The monoisotopic (exact) mass is 282 g/mol. The average molecular weight is 282 g/mol. The molecule has 0 aliphatic carbocycles. The highest BCUT2D eigenvalue weighted by molar-refractivity contribution is 5.69. The first-order chi connectivity index (χ1) is 9.65. The molecule has 1 aromatic rings. The molecule has 1 N–H and O–H groups in total. The van der Waals surface area contributed by atoms with Crippen LogP contribution >= 0.6 is 0 Å². The first-order valence-electron chi connectivity index (χ1n) is 6.65. The Labute approximate surface area is 119 Å².